The van der Waals surface area contributed by atoms with Gasteiger partial charge in [0.05, 0.1) is 0 Å². The maximum atomic E-state index is 13.5. The third-order valence-electron chi connectivity index (χ3n) is 3.15. The number of nitrogens with two attached hydrogens (primary N) is 1. The van der Waals surface area contributed by atoms with E-state index in [9.17, 15) is 8.78 Å². The first kappa shape index (κ1) is 15.0. The largest absolute Gasteiger partial charge is 0.323 e. The van der Waals surface area contributed by atoms with Gasteiger partial charge in [-0.1, -0.05) is 23.8 Å². The van der Waals surface area contributed by atoms with Crippen LogP contribution >= 0.6 is 11.8 Å². The summed E-state index contributed by atoms with van der Waals surface area (Å²) in [5.74, 6) is -0.344. The second kappa shape index (κ2) is 6.37. The molecule has 1 nitrogen and oxygen atoms in total. The van der Waals surface area contributed by atoms with Crippen LogP contribution in [0.15, 0.2) is 41.3 Å². The monoisotopic (exact) mass is 293 g/mol. The summed E-state index contributed by atoms with van der Waals surface area (Å²) in [5.41, 5.74) is 9.47. The molecule has 2 rings (SSSR count). The Kier molecular flexibility index (Phi) is 4.78. The van der Waals surface area contributed by atoms with Gasteiger partial charge in [0.15, 0.2) is 0 Å². The Hall–Kier alpha value is -1.39. The van der Waals surface area contributed by atoms with Gasteiger partial charge >= 0.3 is 0 Å². The van der Waals surface area contributed by atoms with Crippen molar-refractivity contribution in [2.45, 2.75) is 24.8 Å². The van der Waals surface area contributed by atoms with E-state index in [4.69, 9.17) is 5.73 Å². The van der Waals surface area contributed by atoms with Crippen LogP contribution in [0.25, 0.3) is 0 Å². The van der Waals surface area contributed by atoms with E-state index in [-0.39, 0.29) is 6.04 Å². The highest BCUT2D eigenvalue weighted by molar-refractivity contribution is 7.99. The summed E-state index contributed by atoms with van der Waals surface area (Å²) < 4.78 is 26.6. The highest BCUT2D eigenvalue weighted by Gasteiger charge is 2.12. The van der Waals surface area contributed by atoms with Gasteiger partial charge in [0, 0.05) is 16.7 Å². The summed E-state index contributed by atoms with van der Waals surface area (Å²) in [6, 6.07) is 9.36. The van der Waals surface area contributed by atoms with Crippen LogP contribution in [0, 0.1) is 25.5 Å². The fraction of sp³-hybridized carbons (Fsp3) is 0.250. The molecule has 0 heterocycles. The summed E-state index contributed by atoms with van der Waals surface area (Å²) >= 11 is 1.24. The zero-order valence-corrected chi connectivity index (χ0v) is 12.3. The Labute approximate surface area is 122 Å². The van der Waals surface area contributed by atoms with Crippen molar-refractivity contribution in [3.63, 3.8) is 0 Å². The third-order valence-corrected chi connectivity index (χ3v) is 4.30. The molecular weight excluding hydrogens is 276 g/mol. The lowest BCUT2D eigenvalue weighted by atomic mass is 10.0. The van der Waals surface area contributed by atoms with Crippen LogP contribution in [0.4, 0.5) is 8.78 Å². The van der Waals surface area contributed by atoms with Gasteiger partial charge in [0.2, 0.25) is 0 Å². The first-order valence-corrected chi connectivity index (χ1v) is 7.36. The molecule has 20 heavy (non-hydrogen) atoms. The molecule has 2 N–H and O–H groups in total. The second-order valence-electron chi connectivity index (χ2n) is 4.85. The molecule has 0 aliphatic rings. The molecule has 0 aliphatic carbocycles. The molecule has 0 aliphatic heterocycles. The minimum absolute atomic E-state index is 0.206. The molecule has 0 amide bonds. The summed E-state index contributed by atoms with van der Waals surface area (Å²) in [4.78, 5) is 0.297. The quantitative estimate of drug-likeness (QED) is 0.847. The zero-order valence-electron chi connectivity index (χ0n) is 11.5. The molecule has 0 fully saturated rings. The van der Waals surface area contributed by atoms with Gasteiger partial charge in [-0.3, -0.25) is 0 Å². The van der Waals surface area contributed by atoms with E-state index >= 15 is 0 Å². The summed E-state index contributed by atoms with van der Waals surface area (Å²) in [5, 5.41) is 0. The number of aryl methyl sites for hydroxylation is 2. The molecular formula is C16H17F2NS. The second-order valence-corrected chi connectivity index (χ2v) is 5.91. The number of hydrogen-bond donors (Lipinski definition) is 1. The van der Waals surface area contributed by atoms with Gasteiger partial charge in [0.25, 0.3) is 0 Å². The number of hydrogen-bond acceptors (Lipinski definition) is 2. The standard InChI is InChI=1S/C16H17F2NS/c1-10-3-4-11(2)13(7-10)15(19)9-20-16-8-12(17)5-6-14(16)18/h3-8,15H,9,19H2,1-2H3. The lowest BCUT2D eigenvalue weighted by Crippen LogP contribution is -2.14. The van der Waals surface area contributed by atoms with Crippen LogP contribution in [-0.4, -0.2) is 5.75 Å². The van der Waals surface area contributed by atoms with Crippen LogP contribution in [0.5, 0.6) is 0 Å². The van der Waals surface area contributed by atoms with Crippen molar-refractivity contribution in [3.8, 4) is 0 Å². The van der Waals surface area contributed by atoms with Crippen molar-refractivity contribution in [1.82, 2.24) is 0 Å². The van der Waals surface area contributed by atoms with Gasteiger partial charge < -0.3 is 5.73 Å². The molecule has 0 saturated heterocycles. The Balaban J connectivity index is 2.10. The number of benzene rings is 2. The Morgan fingerprint density at radius 3 is 2.60 bits per heavy atom. The average molecular weight is 293 g/mol. The van der Waals surface area contributed by atoms with E-state index in [0.29, 0.717) is 10.6 Å². The number of thioether (sulfide) groups is 1. The molecule has 0 bridgehead atoms. The van der Waals surface area contributed by atoms with Crippen molar-refractivity contribution in [2.75, 3.05) is 5.75 Å². The van der Waals surface area contributed by atoms with Gasteiger partial charge in [-0.15, -0.1) is 11.8 Å². The molecule has 0 saturated carbocycles. The molecule has 0 spiro atoms. The Bertz CT molecular complexity index is 613. The van der Waals surface area contributed by atoms with Crippen LogP contribution in [0.1, 0.15) is 22.7 Å². The summed E-state index contributed by atoms with van der Waals surface area (Å²) in [7, 11) is 0. The van der Waals surface area contributed by atoms with Crippen molar-refractivity contribution >= 4 is 11.8 Å². The van der Waals surface area contributed by atoms with E-state index in [1.54, 1.807) is 0 Å². The van der Waals surface area contributed by atoms with Crippen LogP contribution in [-0.2, 0) is 0 Å². The Morgan fingerprint density at radius 2 is 1.85 bits per heavy atom. The fourth-order valence-electron chi connectivity index (χ4n) is 2.02. The van der Waals surface area contributed by atoms with Crippen molar-refractivity contribution in [2.24, 2.45) is 5.73 Å². The molecule has 0 radical (unpaired) electrons. The molecule has 0 aromatic heterocycles. The minimum atomic E-state index is -0.436. The fourth-order valence-corrected chi connectivity index (χ4v) is 2.96. The smallest absolute Gasteiger partial charge is 0.136 e. The third kappa shape index (κ3) is 3.58. The van der Waals surface area contributed by atoms with Gasteiger partial charge in [0.1, 0.15) is 11.6 Å². The molecule has 1 atom stereocenters. The Morgan fingerprint density at radius 1 is 1.10 bits per heavy atom. The summed E-state index contributed by atoms with van der Waals surface area (Å²) in [6.07, 6.45) is 0. The zero-order chi connectivity index (χ0) is 14.7. The van der Waals surface area contributed by atoms with Crippen molar-refractivity contribution in [1.29, 1.82) is 0 Å². The first-order chi connectivity index (χ1) is 9.47. The molecule has 2 aromatic carbocycles. The van der Waals surface area contributed by atoms with Gasteiger partial charge in [-0.25, -0.2) is 8.78 Å². The average Bonchev–Trinajstić information content (AvgIpc) is 2.42. The van der Waals surface area contributed by atoms with E-state index in [1.807, 2.05) is 32.0 Å². The molecule has 2 aromatic rings. The maximum Gasteiger partial charge on any atom is 0.136 e. The van der Waals surface area contributed by atoms with Gasteiger partial charge in [-0.05, 0) is 43.2 Å². The SMILES string of the molecule is Cc1ccc(C)c(C(N)CSc2cc(F)ccc2F)c1. The molecule has 4 heteroatoms. The predicted octanol–water partition coefficient (Wildman–Crippen LogP) is 4.37. The van der Waals surface area contributed by atoms with Crippen molar-refractivity contribution in [3.05, 3.63) is 64.7 Å². The van der Waals surface area contributed by atoms with E-state index in [0.717, 1.165) is 28.8 Å². The van der Waals surface area contributed by atoms with Crippen LogP contribution in [0.3, 0.4) is 0 Å². The van der Waals surface area contributed by atoms with Crippen LogP contribution < -0.4 is 5.73 Å². The molecule has 1 unspecified atom stereocenters. The van der Waals surface area contributed by atoms with Crippen molar-refractivity contribution < 1.29 is 8.78 Å². The van der Waals surface area contributed by atoms with Crippen LogP contribution in [0.2, 0.25) is 0 Å². The highest BCUT2D eigenvalue weighted by Crippen LogP contribution is 2.28. The van der Waals surface area contributed by atoms with Gasteiger partial charge in [-0.2, -0.15) is 0 Å². The number of rotatable bonds is 4. The molecule has 106 valence electrons. The normalized spacial score (nSPS) is 12.4. The van der Waals surface area contributed by atoms with E-state index < -0.39 is 11.6 Å². The van der Waals surface area contributed by atoms with E-state index in [2.05, 4.69) is 0 Å². The summed E-state index contributed by atoms with van der Waals surface area (Å²) in [6.45, 7) is 4.01. The first-order valence-electron chi connectivity index (χ1n) is 6.38. The lowest BCUT2D eigenvalue weighted by Gasteiger charge is -2.15. The maximum absolute atomic E-state index is 13.5. The lowest BCUT2D eigenvalue weighted by molar-refractivity contribution is 0.577. The highest BCUT2D eigenvalue weighted by atomic mass is 32.2. The topological polar surface area (TPSA) is 26.0 Å². The minimum Gasteiger partial charge on any atom is -0.323 e. The number of halogens is 2. The van der Waals surface area contributed by atoms with E-state index in [1.165, 1.54) is 17.8 Å². The predicted molar refractivity (Wildman–Crippen MR) is 79.9 cm³/mol.